The number of unbranched alkanes of at least 4 members (excludes halogenated alkanes) is 1. The summed E-state index contributed by atoms with van der Waals surface area (Å²) < 4.78 is 0. The van der Waals surface area contributed by atoms with Gasteiger partial charge in [-0.1, -0.05) is 43.7 Å². The molecular weight excluding hydrogens is 250 g/mol. The normalized spacial score (nSPS) is 11.2. The fourth-order valence-electron chi connectivity index (χ4n) is 2.32. The van der Waals surface area contributed by atoms with Crippen LogP contribution in [0.2, 0.25) is 0 Å². The highest BCUT2D eigenvalue weighted by atomic mass is 16.3. The molecule has 2 N–H and O–H groups in total. The molecule has 0 aliphatic heterocycles. The van der Waals surface area contributed by atoms with E-state index in [1.54, 1.807) is 0 Å². The first kappa shape index (κ1) is 14.8. The molecular formula is C16H23N3O. The second-order valence-electron chi connectivity index (χ2n) is 4.99. The molecule has 0 aliphatic carbocycles. The molecule has 2 rings (SSSR count). The molecule has 20 heavy (non-hydrogen) atoms. The molecule has 2 aromatic rings. The zero-order valence-electron chi connectivity index (χ0n) is 12.0. The summed E-state index contributed by atoms with van der Waals surface area (Å²) in [5, 5.41) is 16.5. The number of hydrogen-bond acceptors (Lipinski definition) is 3. The van der Waals surface area contributed by atoms with Crippen molar-refractivity contribution < 1.29 is 5.11 Å². The maximum Gasteiger partial charge on any atom is 0.0695 e. The summed E-state index contributed by atoms with van der Waals surface area (Å²) >= 11 is 0. The molecule has 1 aromatic carbocycles. The Morgan fingerprint density at radius 2 is 2.00 bits per heavy atom. The fourth-order valence-corrected chi connectivity index (χ4v) is 2.32. The van der Waals surface area contributed by atoms with Crippen molar-refractivity contribution in [1.82, 2.24) is 15.1 Å². The van der Waals surface area contributed by atoms with Crippen LogP contribution in [0.15, 0.2) is 36.5 Å². The van der Waals surface area contributed by atoms with Crippen molar-refractivity contribution in [3.63, 3.8) is 0 Å². The summed E-state index contributed by atoms with van der Waals surface area (Å²) in [4.78, 5) is 2.28. The molecule has 0 saturated heterocycles. The van der Waals surface area contributed by atoms with Gasteiger partial charge in [0.1, 0.15) is 0 Å². The highest BCUT2D eigenvalue weighted by molar-refractivity contribution is 5.62. The number of aromatic nitrogens is 2. The summed E-state index contributed by atoms with van der Waals surface area (Å²) in [7, 11) is 0. The zero-order chi connectivity index (χ0) is 14.2. The number of nitrogens with zero attached hydrogens (tertiary/aromatic N) is 2. The number of aliphatic hydroxyl groups excluding tert-OH is 1. The van der Waals surface area contributed by atoms with Crippen molar-refractivity contribution >= 4 is 0 Å². The third-order valence-electron chi connectivity index (χ3n) is 3.42. The summed E-state index contributed by atoms with van der Waals surface area (Å²) in [6.07, 6.45) is 4.20. The van der Waals surface area contributed by atoms with Gasteiger partial charge in [-0.3, -0.25) is 10.00 Å². The predicted molar refractivity (Wildman–Crippen MR) is 81.3 cm³/mol. The number of rotatable bonds is 8. The molecule has 0 bridgehead atoms. The Bertz CT molecular complexity index is 495. The molecule has 0 amide bonds. The Labute approximate surface area is 120 Å². The van der Waals surface area contributed by atoms with E-state index in [4.69, 9.17) is 0 Å². The average Bonchev–Trinajstić information content (AvgIpc) is 2.94. The van der Waals surface area contributed by atoms with E-state index in [9.17, 15) is 5.11 Å². The van der Waals surface area contributed by atoms with Gasteiger partial charge in [0.15, 0.2) is 0 Å². The van der Waals surface area contributed by atoms with Crippen LogP contribution in [-0.4, -0.2) is 39.9 Å². The average molecular weight is 273 g/mol. The molecule has 0 fully saturated rings. The van der Waals surface area contributed by atoms with Crippen LogP contribution in [0.1, 0.15) is 25.3 Å². The number of aliphatic hydroxyl groups is 1. The van der Waals surface area contributed by atoms with Crippen molar-refractivity contribution in [2.45, 2.75) is 26.3 Å². The lowest BCUT2D eigenvalue weighted by atomic mass is 10.1. The van der Waals surface area contributed by atoms with E-state index < -0.39 is 0 Å². The van der Waals surface area contributed by atoms with E-state index in [1.165, 1.54) is 12.0 Å². The fraction of sp³-hybridized carbons (Fsp3) is 0.438. The van der Waals surface area contributed by atoms with Gasteiger partial charge >= 0.3 is 0 Å². The third-order valence-corrected chi connectivity index (χ3v) is 3.42. The first-order chi connectivity index (χ1) is 9.85. The molecule has 1 aromatic heterocycles. The molecule has 1 heterocycles. The SMILES string of the molecule is CCCCN(CCO)Cc1cn[nH]c1-c1ccccc1. The highest BCUT2D eigenvalue weighted by Crippen LogP contribution is 2.21. The molecule has 0 atom stereocenters. The van der Waals surface area contributed by atoms with Gasteiger partial charge in [-0.2, -0.15) is 5.10 Å². The number of hydrogen-bond donors (Lipinski definition) is 2. The third kappa shape index (κ3) is 3.92. The van der Waals surface area contributed by atoms with Gasteiger partial charge < -0.3 is 5.11 Å². The molecule has 0 aliphatic rings. The first-order valence-corrected chi connectivity index (χ1v) is 7.26. The summed E-state index contributed by atoms with van der Waals surface area (Å²) in [6, 6.07) is 10.2. The van der Waals surface area contributed by atoms with Gasteiger partial charge in [0.05, 0.1) is 18.5 Å². The summed E-state index contributed by atoms with van der Waals surface area (Å²) in [5.74, 6) is 0. The van der Waals surface area contributed by atoms with Gasteiger partial charge in [-0.15, -0.1) is 0 Å². The lowest BCUT2D eigenvalue weighted by molar-refractivity contribution is 0.188. The smallest absolute Gasteiger partial charge is 0.0695 e. The van der Waals surface area contributed by atoms with E-state index in [0.717, 1.165) is 30.8 Å². The van der Waals surface area contributed by atoms with Crippen molar-refractivity contribution in [3.05, 3.63) is 42.1 Å². The lowest BCUT2D eigenvalue weighted by Gasteiger charge is -2.21. The molecule has 0 spiro atoms. The van der Waals surface area contributed by atoms with Gasteiger partial charge in [0.2, 0.25) is 0 Å². The van der Waals surface area contributed by atoms with Crippen LogP contribution in [0.5, 0.6) is 0 Å². The number of nitrogens with one attached hydrogen (secondary N) is 1. The number of benzene rings is 1. The number of H-pyrrole nitrogens is 1. The molecule has 0 saturated carbocycles. The van der Waals surface area contributed by atoms with Gasteiger partial charge in [0.25, 0.3) is 0 Å². The Morgan fingerprint density at radius 3 is 2.70 bits per heavy atom. The van der Waals surface area contributed by atoms with Crippen LogP contribution in [-0.2, 0) is 6.54 Å². The molecule has 0 radical (unpaired) electrons. The second-order valence-corrected chi connectivity index (χ2v) is 4.99. The maximum atomic E-state index is 9.19. The Hall–Kier alpha value is -1.65. The molecule has 108 valence electrons. The minimum atomic E-state index is 0.197. The van der Waals surface area contributed by atoms with Gasteiger partial charge in [0, 0.05) is 18.7 Å². The lowest BCUT2D eigenvalue weighted by Crippen LogP contribution is -2.27. The molecule has 0 unspecified atom stereocenters. The highest BCUT2D eigenvalue weighted by Gasteiger charge is 2.11. The van der Waals surface area contributed by atoms with Gasteiger partial charge in [-0.25, -0.2) is 0 Å². The minimum Gasteiger partial charge on any atom is -0.395 e. The van der Waals surface area contributed by atoms with Crippen molar-refractivity contribution in [1.29, 1.82) is 0 Å². The van der Waals surface area contributed by atoms with E-state index in [0.29, 0.717) is 6.54 Å². The predicted octanol–water partition coefficient (Wildman–Crippen LogP) is 2.67. The van der Waals surface area contributed by atoms with E-state index >= 15 is 0 Å². The summed E-state index contributed by atoms with van der Waals surface area (Å²) in [5.41, 5.74) is 3.41. The van der Waals surface area contributed by atoms with E-state index in [1.807, 2.05) is 24.4 Å². The van der Waals surface area contributed by atoms with Crippen LogP contribution in [0.3, 0.4) is 0 Å². The van der Waals surface area contributed by atoms with Crippen LogP contribution in [0.4, 0.5) is 0 Å². The van der Waals surface area contributed by atoms with Crippen molar-refractivity contribution in [2.75, 3.05) is 19.7 Å². The van der Waals surface area contributed by atoms with Crippen LogP contribution < -0.4 is 0 Å². The molecule has 4 nitrogen and oxygen atoms in total. The van der Waals surface area contributed by atoms with Crippen LogP contribution >= 0.6 is 0 Å². The maximum absolute atomic E-state index is 9.19. The monoisotopic (exact) mass is 273 g/mol. The molecule has 4 heteroatoms. The standard InChI is InChI=1S/C16H23N3O/c1-2-3-9-19(10-11-20)13-15-12-17-18-16(15)14-7-5-4-6-8-14/h4-8,12,20H,2-3,9-11,13H2,1H3,(H,17,18). The minimum absolute atomic E-state index is 0.197. The Morgan fingerprint density at radius 1 is 1.20 bits per heavy atom. The first-order valence-electron chi connectivity index (χ1n) is 7.26. The Kier molecular flexibility index (Phi) is 5.77. The van der Waals surface area contributed by atoms with Crippen LogP contribution in [0, 0.1) is 0 Å². The largest absolute Gasteiger partial charge is 0.395 e. The van der Waals surface area contributed by atoms with Crippen molar-refractivity contribution in [2.24, 2.45) is 0 Å². The van der Waals surface area contributed by atoms with Crippen LogP contribution in [0.25, 0.3) is 11.3 Å². The zero-order valence-corrected chi connectivity index (χ0v) is 12.0. The summed E-state index contributed by atoms with van der Waals surface area (Å²) in [6.45, 7) is 4.92. The van der Waals surface area contributed by atoms with Crippen molar-refractivity contribution in [3.8, 4) is 11.3 Å². The number of aromatic amines is 1. The topological polar surface area (TPSA) is 52.1 Å². The second kappa shape index (κ2) is 7.82. The quantitative estimate of drug-likeness (QED) is 0.777. The van der Waals surface area contributed by atoms with E-state index in [-0.39, 0.29) is 6.61 Å². The Balaban J connectivity index is 2.10. The van der Waals surface area contributed by atoms with Gasteiger partial charge in [-0.05, 0) is 18.5 Å². The van der Waals surface area contributed by atoms with E-state index in [2.05, 4.69) is 34.2 Å².